The van der Waals surface area contributed by atoms with Crippen molar-refractivity contribution < 1.29 is 18.8 Å². The first kappa shape index (κ1) is 22.6. The van der Waals surface area contributed by atoms with Gasteiger partial charge >= 0.3 is 0 Å². The summed E-state index contributed by atoms with van der Waals surface area (Å²) in [5.74, 6) is -2.43. The number of nitrogens with two attached hydrogens (primary N) is 1. The van der Waals surface area contributed by atoms with E-state index in [1.54, 1.807) is 18.2 Å². The molecule has 2 atom stereocenters. The second-order valence-corrected chi connectivity index (χ2v) is 7.30. The van der Waals surface area contributed by atoms with E-state index in [1.807, 2.05) is 0 Å². The maximum Gasteiger partial charge on any atom is 0.243 e. The van der Waals surface area contributed by atoms with E-state index in [0.29, 0.717) is 15.6 Å². The van der Waals surface area contributed by atoms with Gasteiger partial charge in [-0.05, 0) is 29.3 Å². The fraction of sp³-hybridized carbons (Fsp3) is 0.250. The van der Waals surface area contributed by atoms with Crippen LogP contribution in [0.3, 0.4) is 0 Å². The van der Waals surface area contributed by atoms with Crippen LogP contribution >= 0.6 is 23.2 Å². The lowest BCUT2D eigenvalue weighted by Crippen LogP contribution is -2.54. The molecule has 9 heteroatoms. The number of halogens is 3. The molecule has 0 aliphatic heterocycles. The van der Waals surface area contributed by atoms with Crippen LogP contribution in [0, 0.1) is 5.82 Å². The first-order valence-electron chi connectivity index (χ1n) is 8.71. The van der Waals surface area contributed by atoms with Crippen molar-refractivity contribution in [3.05, 3.63) is 69.5 Å². The van der Waals surface area contributed by atoms with Crippen LogP contribution in [0.25, 0.3) is 0 Å². The predicted molar refractivity (Wildman–Crippen MR) is 109 cm³/mol. The molecule has 4 N–H and O–H groups in total. The van der Waals surface area contributed by atoms with Crippen molar-refractivity contribution >= 4 is 40.9 Å². The summed E-state index contributed by atoms with van der Waals surface area (Å²) in [6.45, 7) is 1.24. The summed E-state index contributed by atoms with van der Waals surface area (Å²) in [6.07, 6.45) is -0.0607. The highest BCUT2D eigenvalue weighted by Gasteiger charge is 2.26. The third-order valence-corrected chi connectivity index (χ3v) is 4.76. The fourth-order valence-corrected chi connectivity index (χ4v) is 3.23. The second-order valence-electron chi connectivity index (χ2n) is 6.45. The number of carbonyl (C=O) groups is 3. The van der Waals surface area contributed by atoms with Gasteiger partial charge in [0, 0.05) is 29.8 Å². The van der Waals surface area contributed by atoms with E-state index in [4.69, 9.17) is 28.9 Å². The monoisotopic (exact) mass is 439 g/mol. The SMILES string of the molecule is CC(=O)N[C@H](Cc1ccccc1F)C(=O)N[C@H](Cc1ccc(Cl)cc1Cl)C(N)=O. The van der Waals surface area contributed by atoms with Gasteiger partial charge < -0.3 is 16.4 Å². The van der Waals surface area contributed by atoms with Gasteiger partial charge in [-0.15, -0.1) is 0 Å². The van der Waals surface area contributed by atoms with Gasteiger partial charge in [0.1, 0.15) is 17.9 Å². The van der Waals surface area contributed by atoms with Gasteiger partial charge in [-0.3, -0.25) is 14.4 Å². The summed E-state index contributed by atoms with van der Waals surface area (Å²) in [7, 11) is 0. The van der Waals surface area contributed by atoms with E-state index in [1.165, 1.54) is 31.2 Å². The molecule has 154 valence electrons. The Labute approximate surface area is 177 Å². The molecule has 0 bridgehead atoms. The van der Waals surface area contributed by atoms with Crippen LogP contribution in [-0.2, 0) is 27.2 Å². The second kappa shape index (κ2) is 10.2. The van der Waals surface area contributed by atoms with Crippen molar-refractivity contribution in [2.75, 3.05) is 0 Å². The van der Waals surface area contributed by atoms with Crippen LogP contribution in [0.2, 0.25) is 10.0 Å². The Bertz CT molecular complexity index is 924. The minimum Gasteiger partial charge on any atom is -0.368 e. The minimum atomic E-state index is -1.09. The molecule has 0 saturated heterocycles. The standard InChI is InChI=1S/C20H20Cl2FN3O3/c1-11(27)25-18(9-13-4-2-3-5-16(13)23)20(29)26-17(19(24)28)8-12-6-7-14(21)10-15(12)22/h2-7,10,17-18H,8-9H2,1H3,(H2,24,28)(H,25,27)(H,26,29)/t17-,18-/m1/s1. The number of rotatable bonds is 8. The zero-order chi connectivity index (χ0) is 21.6. The Hall–Kier alpha value is -2.64. The topological polar surface area (TPSA) is 101 Å². The summed E-state index contributed by atoms with van der Waals surface area (Å²) < 4.78 is 14.0. The smallest absolute Gasteiger partial charge is 0.243 e. The van der Waals surface area contributed by atoms with Gasteiger partial charge in [0.2, 0.25) is 17.7 Å². The molecular formula is C20H20Cl2FN3O3. The summed E-state index contributed by atoms with van der Waals surface area (Å²) in [5.41, 5.74) is 6.23. The molecular weight excluding hydrogens is 420 g/mol. The Balaban J connectivity index is 2.18. The normalized spacial score (nSPS) is 12.7. The molecule has 6 nitrogen and oxygen atoms in total. The molecule has 0 aliphatic carbocycles. The molecule has 0 unspecified atom stereocenters. The van der Waals surface area contributed by atoms with E-state index in [2.05, 4.69) is 10.6 Å². The first-order chi connectivity index (χ1) is 13.7. The third kappa shape index (κ3) is 6.73. The van der Waals surface area contributed by atoms with E-state index < -0.39 is 35.6 Å². The highest BCUT2D eigenvalue weighted by molar-refractivity contribution is 6.35. The third-order valence-electron chi connectivity index (χ3n) is 4.17. The number of carbonyl (C=O) groups excluding carboxylic acids is 3. The van der Waals surface area contributed by atoms with Crippen molar-refractivity contribution in [3.8, 4) is 0 Å². The number of primary amides is 1. The van der Waals surface area contributed by atoms with E-state index >= 15 is 0 Å². The van der Waals surface area contributed by atoms with Crippen molar-refractivity contribution in [1.82, 2.24) is 10.6 Å². The average Bonchev–Trinajstić information content (AvgIpc) is 2.63. The molecule has 0 aromatic heterocycles. The molecule has 0 saturated carbocycles. The maximum atomic E-state index is 14.0. The molecule has 0 aliphatic rings. The van der Waals surface area contributed by atoms with Gasteiger partial charge in [-0.1, -0.05) is 47.5 Å². The maximum absolute atomic E-state index is 14.0. The molecule has 0 fully saturated rings. The predicted octanol–water partition coefficient (Wildman–Crippen LogP) is 2.39. The number of amides is 3. The Morgan fingerprint density at radius 1 is 1.00 bits per heavy atom. The lowest BCUT2D eigenvalue weighted by molar-refractivity contribution is -0.130. The van der Waals surface area contributed by atoms with Gasteiger partial charge in [0.15, 0.2) is 0 Å². The minimum absolute atomic E-state index is 0.0313. The van der Waals surface area contributed by atoms with E-state index in [0.717, 1.165) is 0 Å². The zero-order valence-corrected chi connectivity index (χ0v) is 17.1. The van der Waals surface area contributed by atoms with Gasteiger partial charge in [-0.25, -0.2) is 4.39 Å². The molecule has 0 heterocycles. The summed E-state index contributed by atoms with van der Waals surface area (Å²) in [6, 6.07) is 8.46. The van der Waals surface area contributed by atoms with Crippen molar-refractivity contribution in [2.24, 2.45) is 5.73 Å². The Morgan fingerprint density at radius 2 is 1.66 bits per heavy atom. The number of benzene rings is 2. The van der Waals surface area contributed by atoms with E-state index in [9.17, 15) is 18.8 Å². The van der Waals surface area contributed by atoms with E-state index in [-0.39, 0.29) is 18.4 Å². The Morgan fingerprint density at radius 3 is 2.24 bits per heavy atom. The Kier molecular flexibility index (Phi) is 7.99. The molecule has 29 heavy (non-hydrogen) atoms. The lowest BCUT2D eigenvalue weighted by atomic mass is 10.0. The molecule has 3 amide bonds. The van der Waals surface area contributed by atoms with Crippen LogP contribution in [0.15, 0.2) is 42.5 Å². The number of hydrogen-bond donors (Lipinski definition) is 3. The van der Waals surface area contributed by atoms with Crippen molar-refractivity contribution in [3.63, 3.8) is 0 Å². The molecule has 0 spiro atoms. The quantitative estimate of drug-likeness (QED) is 0.588. The molecule has 2 aromatic rings. The summed E-state index contributed by atoms with van der Waals surface area (Å²) >= 11 is 12.0. The van der Waals surface area contributed by atoms with Gasteiger partial charge in [0.05, 0.1) is 0 Å². The number of hydrogen-bond acceptors (Lipinski definition) is 3. The number of nitrogens with one attached hydrogen (secondary N) is 2. The molecule has 2 aromatic carbocycles. The summed E-state index contributed by atoms with van der Waals surface area (Å²) in [4.78, 5) is 36.1. The van der Waals surface area contributed by atoms with Crippen LogP contribution < -0.4 is 16.4 Å². The van der Waals surface area contributed by atoms with Crippen LogP contribution in [0.1, 0.15) is 18.1 Å². The highest BCUT2D eigenvalue weighted by Crippen LogP contribution is 2.22. The summed E-state index contributed by atoms with van der Waals surface area (Å²) in [5, 5.41) is 5.73. The van der Waals surface area contributed by atoms with Crippen molar-refractivity contribution in [2.45, 2.75) is 31.8 Å². The average molecular weight is 440 g/mol. The van der Waals surface area contributed by atoms with Gasteiger partial charge in [0.25, 0.3) is 0 Å². The largest absolute Gasteiger partial charge is 0.368 e. The molecule has 2 rings (SSSR count). The van der Waals surface area contributed by atoms with Crippen molar-refractivity contribution in [1.29, 1.82) is 0 Å². The van der Waals surface area contributed by atoms with Crippen LogP contribution in [-0.4, -0.2) is 29.8 Å². The van der Waals surface area contributed by atoms with Crippen LogP contribution in [0.5, 0.6) is 0 Å². The fourth-order valence-electron chi connectivity index (χ4n) is 2.74. The first-order valence-corrected chi connectivity index (χ1v) is 9.47. The molecule has 0 radical (unpaired) electrons. The van der Waals surface area contributed by atoms with Crippen LogP contribution in [0.4, 0.5) is 4.39 Å². The highest BCUT2D eigenvalue weighted by atomic mass is 35.5. The zero-order valence-electron chi connectivity index (χ0n) is 15.5. The van der Waals surface area contributed by atoms with Gasteiger partial charge in [-0.2, -0.15) is 0 Å². The lowest BCUT2D eigenvalue weighted by Gasteiger charge is -2.22.